The summed E-state index contributed by atoms with van der Waals surface area (Å²) in [5.74, 6) is -0.713. The van der Waals surface area contributed by atoms with Crippen LogP contribution in [0.25, 0.3) is 5.76 Å². The first-order valence-corrected chi connectivity index (χ1v) is 12.2. The van der Waals surface area contributed by atoms with Gasteiger partial charge in [0.25, 0.3) is 11.7 Å². The molecule has 0 spiro atoms. The Morgan fingerprint density at radius 1 is 0.946 bits per heavy atom. The van der Waals surface area contributed by atoms with E-state index in [1.165, 1.54) is 4.90 Å². The summed E-state index contributed by atoms with van der Waals surface area (Å²) in [6.45, 7) is 3.90. The quantitative estimate of drug-likeness (QED) is 0.333. The number of likely N-dealkylation sites (N-methyl/N-ethyl adjacent to an activating group) is 1. The van der Waals surface area contributed by atoms with Crippen LogP contribution in [0.15, 0.2) is 72.6 Å². The van der Waals surface area contributed by atoms with Crippen molar-refractivity contribution in [2.24, 2.45) is 0 Å². The predicted molar refractivity (Wildman–Crippen MR) is 138 cm³/mol. The second-order valence-corrected chi connectivity index (χ2v) is 9.33. The van der Waals surface area contributed by atoms with Crippen molar-refractivity contribution in [3.63, 3.8) is 0 Å². The molecule has 0 radical (unpaired) electrons. The Labute approximate surface area is 214 Å². The number of anilines is 2. The highest BCUT2D eigenvalue weighted by molar-refractivity contribution is 6.51. The third-order valence-corrected chi connectivity index (χ3v) is 7.09. The molecule has 0 aliphatic carbocycles. The molecule has 9 heteroatoms. The molecule has 188 valence electrons. The fraction of sp³-hybridized carbons (Fsp3) is 0.250. The number of rotatable bonds is 4. The number of hydrogen-bond acceptors (Lipinski definition) is 8. The highest BCUT2D eigenvalue weighted by atomic mass is 16.7. The van der Waals surface area contributed by atoms with Gasteiger partial charge < -0.3 is 24.4 Å². The van der Waals surface area contributed by atoms with Gasteiger partial charge in [0.2, 0.25) is 6.79 Å². The fourth-order valence-corrected chi connectivity index (χ4v) is 5.04. The van der Waals surface area contributed by atoms with Gasteiger partial charge in [-0.25, -0.2) is 0 Å². The average Bonchev–Trinajstić information content (AvgIpc) is 3.51. The maximum Gasteiger partial charge on any atom is 0.300 e. The van der Waals surface area contributed by atoms with Crippen molar-refractivity contribution in [3.8, 4) is 11.5 Å². The van der Waals surface area contributed by atoms with Crippen LogP contribution in [0.1, 0.15) is 17.2 Å². The lowest BCUT2D eigenvalue weighted by Gasteiger charge is -2.34. The number of carbonyl (C=O) groups is 2. The molecule has 6 rings (SSSR count). The van der Waals surface area contributed by atoms with Gasteiger partial charge in [-0.2, -0.15) is 0 Å². The lowest BCUT2D eigenvalue weighted by Crippen LogP contribution is -2.44. The average molecular weight is 499 g/mol. The van der Waals surface area contributed by atoms with Gasteiger partial charge >= 0.3 is 0 Å². The zero-order valence-corrected chi connectivity index (χ0v) is 20.3. The highest BCUT2D eigenvalue weighted by Crippen LogP contribution is 2.43. The Bertz CT molecular complexity index is 1380. The minimum Gasteiger partial charge on any atom is -0.507 e. The molecule has 1 unspecified atom stereocenters. The Morgan fingerprint density at radius 3 is 2.41 bits per heavy atom. The van der Waals surface area contributed by atoms with E-state index in [-0.39, 0.29) is 18.1 Å². The Hall–Kier alpha value is -4.37. The molecule has 0 saturated carbocycles. The van der Waals surface area contributed by atoms with E-state index in [0.717, 1.165) is 31.9 Å². The van der Waals surface area contributed by atoms with Gasteiger partial charge in [0, 0.05) is 55.5 Å². The number of pyridine rings is 1. The monoisotopic (exact) mass is 498 g/mol. The topological polar surface area (TPSA) is 95.4 Å². The van der Waals surface area contributed by atoms with Crippen molar-refractivity contribution in [1.29, 1.82) is 0 Å². The van der Waals surface area contributed by atoms with Gasteiger partial charge in [0.1, 0.15) is 5.76 Å². The number of ketones is 1. The molecule has 9 nitrogen and oxygen atoms in total. The Balaban J connectivity index is 1.41. The van der Waals surface area contributed by atoms with E-state index in [1.807, 2.05) is 24.3 Å². The van der Waals surface area contributed by atoms with Gasteiger partial charge in [-0.15, -0.1) is 0 Å². The van der Waals surface area contributed by atoms with Crippen molar-refractivity contribution in [2.45, 2.75) is 6.04 Å². The van der Waals surface area contributed by atoms with Gasteiger partial charge in [0.05, 0.1) is 11.6 Å². The molecule has 3 aliphatic rings. The van der Waals surface area contributed by atoms with Crippen LogP contribution >= 0.6 is 0 Å². The molecule has 1 atom stereocenters. The first kappa shape index (κ1) is 23.1. The van der Waals surface area contributed by atoms with Crippen LogP contribution in [0, 0.1) is 0 Å². The summed E-state index contributed by atoms with van der Waals surface area (Å²) in [5, 5.41) is 11.3. The Morgan fingerprint density at radius 2 is 1.68 bits per heavy atom. The molecule has 1 aromatic heterocycles. The second-order valence-electron chi connectivity index (χ2n) is 9.33. The van der Waals surface area contributed by atoms with E-state index in [9.17, 15) is 14.7 Å². The summed E-state index contributed by atoms with van der Waals surface area (Å²) in [7, 11) is 2.11. The number of amides is 1. The number of ether oxygens (including phenoxy) is 2. The van der Waals surface area contributed by atoms with Crippen LogP contribution in [-0.4, -0.2) is 66.7 Å². The van der Waals surface area contributed by atoms with Crippen LogP contribution in [0.3, 0.4) is 0 Å². The van der Waals surface area contributed by atoms with Crippen molar-refractivity contribution in [3.05, 3.63) is 83.7 Å². The highest BCUT2D eigenvalue weighted by Gasteiger charge is 2.47. The summed E-state index contributed by atoms with van der Waals surface area (Å²) in [6, 6.07) is 15.3. The van der Waals surface area contributed by atoms with E-state index < -0.39 is 17.7 Å². The number of aliphatic hydroxyl groups excluding tert-OH is 1. The third-order valence-electron chi connectivity index (χ3n) is 7.09. The summed E-state index contributed by atoms with van der Waals surface area (Å²) in [5.41, 5.74) is 2.61. The molecule has 1 amide bonds. The van der Waals surface area contributed by atoms with Gasteiger partial charge in [-0.1, -0.05) is 6.07 Å². The Kier molecular flexibility index (Phi) is 5.77. The van der Waals surface area contributed by atoms with Crippen molar-refractivity contribution in [1.82, 2.24) is 9.88 Å². The molecule has 2 fully saturated rings. The lowest BCUT2D eigenvalue weighted by atomic mass is 9.96. The number of carbonyl (C=O) groups excluding carboxylic acids is 2. The molecule has 37 heavy (non-hydrogen) atoms. The molecule has 2 saturated heterocycles. The van der Waals surface area contributed by atoms with Crippen LogP contribution < -0.4 is 19.3 Å². The van der Waals surface area contributed by atoms with Crippen LogP contribution in [0.4, 0.5) is 11.4 Å². The number of hydrogen-bond donors (Lipinski definition) is 1. The first-order chi connectivity index (χ1) is 18.0. The number of aliphatic hydroxyl groups is 1. The van der Waals surface area contributed by atoms with E-state index in [1.54, 1.807) is 42.7 Å². The number of fused-ring (bicyclic) bond motifs is 1. The van der Waals surface area contributed by atoms with E-state index in [2.05, 4.69) is 21.8 Å². The summed E-state index contributed by atoms with van der Waals surface area (Å²) >= 11 is 0. The zero-order valence-electron chi connectivity index (χ0n) is 20.3. The number of benzene rings is 2. The minimum atomic E-state index is -0.839. The van der Waals surface area contributed by atoms with Crippen LogP contribution in [0.2, 0.25) is 0 Å². The minimum absolute atomic E-state index is 0.00000884. The summed E-state index contributed by atoms with van der Waals surface area (Å²) in [6.07, 6.45) is 3.23. The van der Waals surface area contributed by atoms with Crippen molar-refractivity contribution in [2.75, 3.05) is 49.8 Å². The zero-order chi connectivity index (χ0) is 25.5. The van der Waals surface area contributed by atoms with Crippen molar-refractivity contribution >= 4 is 28.8 Å². The van der Waals surface area contributed by atoms with E-state index in [0.29, 0.717) is 28.3 Å². The van der Waals surface area contributed by atoms with Gasteiger partial charge in [-0.3, -0.25) is 19.5 Å². The molecule has 4 heterocycles. The molecule has 0 bridgehead atoms. The van der Waals surface area contributed by atoms with Gasteiger partial charge in [0.15, 0.2) is 11.5 Å². The lowest BCUT2D eigenvalue weighted by molar-refractivity contribution is -0.132. The maximum absolute atomic E-state index is 13.4. The SMILES string of the molecule is CN1CCN(c2ccc(N3C(=O)C(=O)/C(=C(\O)c4ccc5c(c4)OCO5)C3c3cccnc3)cc2)CC1. The van der Waals surface area contributed by atoms with Crippen LogP contribution in [-0.2, 0) is 9.59 Å². The molecule has 3 aliphatic heterocycles. The third kappa shape index (κ3) is 4.07. The van der Waals surface area contributed by atoms with E-state index >= 15 is 0 Å². The largest absolute Gasteiger partial charge is 0.507 e. The smallest absolute Gasteiger partial charge is 0.300 e. The predicted octanol–water partition coefficient (Wildman–Crippen LogP) is 3.19. The summed E-state index contributed by atoms with van der Waals surface area (Å²) in [4.78, 5) is 37.0. The number of nitrogens with zero attached hydrogens (tertiary/aromatic N) is 4. The molecular weight excluding hydrogens is 472 g/mol. The number of Topliss-reactive ketones (excluding diaryl/α,β-unsaturated/α-hetero) is 1. The number of aromatic nitrogens is 1. The van der Waals surface area contributed by atoms with Crippen molar-refractivity contribution < 1.29 is 24.2 Å². The van der Waals surface area contributed by atoms with Crippen LogP contribution in [0.5, 0.6) is 11.5 Å². The number of piperazine rings is 1. The first-order valence-electron chi connectivity index (χ1n) is 12.2. The second kappa shape index (κ2) is 9.25. The van der Waals surface area contributed by atoms with E-state index in [4.69, 9.17) is 9.47 Å². The standard InChI is InChI=1S/C28H26N4O5/c1-30-11-13-31(14-12-30)20-5-7-21(8-6-20)32-25(19-3-2-10-29-16-19)24(27(34)28(32)35)26(33)18-4-9-22-23(15-18)37-17-36-22/h2-10,15-16,25,33H,11-14,17H2,1H3/b26-24-. The molecule has 2 aromatic carbocycles. The molecular formula is C28H26N4O5. The normalized spacial score (nSPS) is 21.1. The summed E-state index contributed by atoms with van der Waals surface area (Å²) < 4.78 is 10.8. The molecule has 1 N–H and O–H groups in total. The van der Waals surface area contributed by atoms with Gasteiger partial charge in [-0.05, 0) is 61.1 Å². The molecule has 3 aromatic rings. The maximum atomic E-state index is 13.4. The fourth-order valence-electron chi connectivity index (χ4n) is 5.04.